The summed E-state index contributed by atoms with van der Waals surface area (Å²) in [7, 11) is 0. The number of hydrogen-bond acceptors (Lipinski definition) is 0. The van der Waals surface area contributed by atoms with Crippen molar-refractivity contribution in [2.45, 2.75) is 6.42 Å². The predicted molar refractivity (Wildman–Crippen MR) is 39.8 cm³/mol. The fourth-order valence-corrected chi connectivity index (χ4v) is 0.393. The zero-order valence-corrected chi connectivity index (χ0v) is 9.07. The summed E-state index contributed by atoms with van der Waals surface area (Å²) in [6.45, 7) is 9.75. The summed E-state index contributed by atoms with van der Waals surface area (Å²) < 4.78 is 23.2. The maximum absolute atomic E-state index is 7.75. The summed E-state index contributed by atoms with van der Waals surface area (Å²) in [6.07, 6.45) is 9.50. The van der Waals surface area contributed by atoms with Crippen LogP contribution in [0.5, 0.6) is 0 Å². The Bertz CT molecular complexity index is 141. The van der Waals surface area contributed by atoms with Gasteiger partial charge in [-0.2, -0.15) is 0 Å². The van der Waals surface area contributed by atoms with Gasteiger partial charge in [-0.15, -0.1) is 0 Å². The molecule has 63 valence electrons. The summed E-state index contributed by atoms with van der Waals surface area (Å²) in [5.74, 6) is 0. The second kappa shape index (κ2) is 47.7. The Morgan fingerprint density at radius 1 is 0.750 bits per heavy atom. The van der Waals surface area contributed by atoms with E-state index in [0.29, 0.717) is 0 Å². The van der Waals surface area contributed by atoms with Gasteiger partial charge in [0.05, 0.1) is 0 Å². The summed E-state index contributed by atoms with van der Waals surface area (Å²) in [4.78, 5) is 0. The second-order valence-electron chi connectivity index (χ2n) is 1.09. The van der Waals surface area contributed by atoms with Gasteiger partial charge in [0.1, 0.15) is 0 Å². The third kappa shape index (κ3) is 34.4. The summed E-state index contributed by atoms with van der Waals surface area (Å²) in [6, 6.07) is 0. The Morgan fingerprint density at radius 3 is 1.08 bits per heavy atom. The molecule has 0 N–H and O–H groups in total. The molecule has 0 saturated heterocycles. The smallest absolute Gasteiger partial charge is 0 e. The first-order chi connectivity index (χ1) is 5.50. The molecule has 12 heavy (non-hydrogen) atoms. The maximum atomic E-state index is 7.75. The van der Waals surface area contributed by atoms with Crippen LogP contribution < -0.4 is 0 Å². The molecule has 3 nitrogen and oxygen atoms in total. The minimum Gasteiger partial charge on any atom is -0.0808 e. The molecule has 0 aliphatic heterocycles. The van der Waals surface area contributed by atoms with Crippen molar-refractivity contribution in [3.05, 3.63) is 24.3 Å². The average Bonchev–Trinajstić information content (AvgIpc) is 2.71. The van der Waals surface area contributed by atoms with Crippen molar-refractivity contribution in [2.24, 2.45) is 0 Å². The first-order valence-electron chi connectivity index (χ1n) is 2.52. The van der Waals surface area contributed by atoms with Crippen molar-refractivity contribution in [2.75, 3.05) is 0 Å². The van der Waals surface area contributed by atoms with Gasteiger partial charge in [-0.1, -0.05) is 24.3 Å². The Balaban J connectivity index is -0.0000000406. The van der Waals surface area contributed by atoms with E-state index in [1.165, 1.54) is 0 Å². The predicted octanol–water partition coefficient (Wildman–Crippen LogP) is 1.52. The molecule has 0 atom stereocenters. The minimum atomic E-state index is 0. The van der Waals surface area contributed by atoms with Crippen LogP contribution in [0.2, 0.25) is 0 Å². The zero-order chi connectivity index (χ0) is 9.54. The van der Waals surface area contributed by atoms with E-state index < -0.39 is 0 Å². The second-order valence-corrected chi connectivity index (χ2v) is 1.09. The minimum absolute atomic E-state index is 0. The number of hydrogen-bond donors (Lipinski definition) is 0. The quantitative estimate of drug-likeness (QED) is 0.601. The molecule has 0 saturated carbocycles. The summed E-state index contributed by atoms with van der Waals surface area (Å²) in [5, 5.41) is 0. The van der Waals surface area contributed by atoms with Crippen molar-refractivity contribution >= 4 is 0 Å². The molecule has 4 heteroatoms. The van der Waals surface area contributed by atoms with Crippen LogP contribution in [0.1, 0.15) is 6.42 Å². The van der Waals surface area contributed by atoms with E-state index in [9.17, 15) is 0 Å². The standard InChI is InChI=1S/C5H6.3CHO.Re/c1-2-4-5-3-1;3*1-2;/h1-4H,5H2;3*1H;/q;3*+1;. The SMILES string of the molecule is C#[O+].C#[O+].C#[O+].C1=CCC=C1.[Re]. The molecular weight excluding hydrogens is 330 g/mol. The molecule has 0 spiro atoms. The van der Waals surface area contributed by atoms with Crippen LogP contribution in [0, 0.1) is 20.0 Å². The van der Waals surface area contributed by atoms with Crippen molar-refractivity contribution in [1.29, 1.82) is 0 Å². The van der Waals surface area contributed by atoms with Crippen molar-refractivity contribution in [3.63, 3.8) is 0 Å². The number of rotatable bonds is 0. The van der Waals surface area contributed by atoms with Gasteiger partial charge in [0.2, 0.25) is 0 Å². The van der Waals surface area contributed by atoms with E-state index in [-0.39, 0.29) is 20.4 Å². The molecule has 0 aromatic heterocycles. The van der Waals surface area contributed by atoms with Gasteiger partial charge < -0.3 is 0 Å². The molecule has 0 aromatic carbocycles. The molecule has 1 radical (unpaired) electrons. The van der Waals surface area contributed by atoms with Crippen molar-refractivity contribution in [3.8, 4) is 20.0 Å². The van der Waals surface area contributed by atoms with Crippen LogP contribution >= 0.6 is 0 Å². The van der Waals surface area contributed by atoms with Gasteiger partial charge in [0, 0.05) is 20.4 Å². The Hall–Kier alpha value is -0.638. The van der Waals surface area contributed by atoms with E-state index in [4.69, 9.17) is 14.0 Å². The molecular formula is C8H9O3Re+3. The van der Waals surface area contributed by atoms with Crippen LogP contribution in [0.3, 0.4) is 0 Å². The van der Waals surface area contributed by atoms with Crippen molar-refractivity contribution < 1.29 is 34.4 Å². The summed E-state index contributed by atoms with van der Waals surface area (Å²) >= 11 is 0. The third-order valence-electron chi connectivity index (χ3n) is 0.655. The van der Waals surface area contributed by atoms with Gasteiger partial charge in [-0.25, -0.2) is 0 Å². The topological polar surface area (TPSA) is 59.7 Å². The molecule has 1 aliphatic rings. The summed E-state index contributed by atoms with van der Waals surface area (Å²) in [5.41, 5.74) is 0. The molecule has 0 aromatic rings. The fourth-order valence-electron chi connectivity index (χ4n) is 0.393. The van der Waals surface area contributed by atoms with Crippen LogP contribution in [0.25, 0.3) is 0 Å². The van der Waals surface area contributed by atoms with Crippen LogP contribution in [-0.2, 0) is 34.4 Å². The van der Waals surface area contributed by atoms with E-state index in [1.807, 2.05) is 0 Å². The molecule has 0 fully saturated rings. The van der Waals surface area contributed by atoms with Gasteiger partial charge in [-0.3, -0.25) is 0 Å². The maximum Gasteiger partial charge on any atom is 0 e. The van der Waals surface area contributed by atoms with Gasteiger partial charge in [0.25, 0.3) is 0 Å². The first-order valence-corrected chi connectivity index (χ1v) is 2.52. The normalized spacial score (nSPS) is 7.83. The monoisotopic (exact) mass is 340 g/mol. The molecule has 0 amide bonds. The molecule has 0 unspecified atom stereocenters. The van der Waals surface area contributed by atoms with Gasteiger partial charge in [-0.05, 0) is 6.42 Å². The molecule has 1 rings (SSSR count). The van der Waals surface area contributed by atoms with E-state index in [1.54, 1.807) is 0 Å². The number of allylic oxidation sites excluding steroid dienone is 4. The van der Waals surface area contributed by atoms with E-state index in [0.717, 1.165) is 6.42 Å². The van der Waals surface area contributed by atoms with Crippen molar-refractivity contribution in [1.82, 2.24) is 0 Å². The Labute approximate surface area is 85.3 Å². The van der Waals surface area contributed by atoms with Gasteiger partial charge in [0.15, 0.2) is 0 Å². The average molecular weight is 339 g/mol. The first kappa shape index (κ1) is 22.5. The van der Waals surface area contributed by atoms with Crippen LogP contribution in [0.15, 0.2) is 24.3 Å². The van der Waals surface area contributed by atoms with Crippen LogP contribution in [0.4, 0.5) is 0 Å². The zero-order valence-electron chi connectivity index (χ0n) is 6.35. The van der Waals surface area contributed by atoms with E-state index in [2.05, 4.69) is 44.3 Å². The Kier molecular flexibility index (Phi) is 89.5. The molecule has 0 bridgehead atoms. The van der Waals surface area contributed by atoms with Gasteiger partial charge >= 0.3 is 33.9 Å². The Morgan fingerprint density at radius 2 is 1.00 bits per heavy atom. The fraction of sp³-hybridized carbons (Fsp3) is 0.125. The third-order valence-corrected chi connectivity index (χ3v) is 0.655. The molecule has 0 heterocycles. The largest absolute Gasteiger partial charge is 0.0808 e. The molecule has 1 aliphatic carbocycles. The van der Waals surface area contributed by atoms with E-state index >= 15 is 0 Å². The van der Waals surface area contributed by atoms with Crippen LogP contribution in [-0.4, -0.2) is 0 Å².